The predicted molar refractivity (Wildman–Crippen MR) is 59.2 cm³/mol. The molecule has 0 heterocycles. The number of halogens is 1. The van der Waals surface area contributed by atoms with E-state index in [1.165, 1.54) is 0 Å². The summed E-state index contributed by atoms with van der Waals surface area (Å²) in [5.74, 6) is -0.301. The van der Waals surface area contributed by atoms with Crippen LogP contribution in [0.15, 0.2) is 40.9 Å². The molecule has 0 unspecified atom stereocenters. The molecular formula is C11H11BrO2. The molecule has 0 saturated carbocycles. The summed E-state index contributed by atoms with van der Waals surface area (Å²) in [6, 6.07) is 7.12. The van der Waals surface area contributed by atoms with Crippen LogP contribution in [0.3, 0.4) is 0 Å². The van der Waals surface area contributed by atoms with E-state index in [0.29, 0.717) is 12.2 Å². The first-order valence-corrected chi connectivity index (χ1v) is 5.07. The average molecular weight is 255 g/mol. The number of ether oxygens (including phenoxy) is 1. The molecule has 0 amide bonds. The Hall–Kier alpha value is -1.09. The standard InChI is InChI=1S/C11H11BrO2/c1-2-3-7-14-11(13)9-5-4-6-10(12)8-9/h2-6,8H,7H2,1H3. The first-order valence-electron chi connectivity index (χ1n) is 4.28. The maximum Gasteiger partial charge on any atom is 0.338 e. The third-order valence-corrected chi connectivity index (χ3v) is 2.10. The van der Waals surface area contributed by atoms with E-state index in [2.05, 4.69) is 15.9 Å². The van der Waals surface area contributed by atoms with Crippen molar-refractivity contribution in [2.45, 2.75) is 6.92 Å². The maximum absolute atomic E-state index is 11.4. The van der Waals surface area contributed by atoms with Crippen LogP contribution < -0.4 is 0 Å². The fourth-order valence-corrected chi connectivity index (χ4v) is 1.32. The van der Waals surface area contributed by atoms with Crippen molar-refractivity contribution in [3.05, 3.63) is 46.5 Å². The van der Waals surface area contributed by atoms with Crippen molar-refractivity contribution in [3.8, 4) is 0 Å². The molecular weight excluding hydrogens is 244 g/mol. The minimum atomic E-state index is -0.301. The normalized spacial score (nSPS) is 10.4. The lowest BCUT2D eigenvalue weighted by molar-refractivity contribution is 0.0549. The van der Waals surface area contributed by atoms with Gasteiger partial charge in [0.25, 0.3) is 0 Å². The van der Waals surface area contributed by atoms with Crippen molar-refractivity contribution in [1.29, 1.82) is 0 Å². The third kappa shape index (κ3) is 3.34. The van der Waals surface area contributed by atoms with Gasteiger partial charge in [0, 0.05) is 4.47 Å². The van der Waals surface area contributed by atoms with Crippen molar-refractivity contribution in [2.75, 3.05) is 6.61 Å². The lowest BCUT2D eigenvalue weighted by Gasteiger charge is -2.01. The summed E-state index contributed by atoms with van der Waals surface area (Å²) in [6.45, 7) is 2.20. The second-order valence-electron chi connectivity index (χ2n) is 2.68. The number of esters is 1. The second kappa shape index (κ2) is 5.60. The Morgan fingerprint density at radius 2 is 2.36 bits per heavy atom. The number of hydrogen-bond acceptors (Lipinski definition) is 2. The van der Waals surface area contributed by atoms with E-state index in [1.807, 2.05) is 19.1 Å². The highest BCUT2D eigenvalue weighted by Crippen LogP contribution is 2.12. The largest absolute Gasteiger partial charge is 0.458 e. The van der Waals surface area contributed by atoms with Gasteiger partial charge in [-0.05, 0) is 25.1 Å². The molecule has 0 aliphatic heterocycles. The smallest absolute Gasteiger partial charge is 0.338 e. The monoisotopic (exact) mass is 254 g/mol. The van der Waals surface area contributed by atoms with Crippen LogP contribution in [-0.4, -0.2) is 12.6 Å². The van der Waals surface area contributed by atoms with Gasteiger partial charge >= 0.3 is 5.97 Å². The van der Waals surface area contributed by atoms with Gasteiger partial charge < -0.3 is 4.74 Å². The van der Waals surface area contributed by atoms with Crippen molar-refractivity contribution in [3.63, 3.8) is 0 Å². The van der Waals surface area contributed by atoms with Gasteiger partial charge in [-0.15, -0.1) is 0 Å². The minimum absolute atomic E-state index is 0.301. The van der Waals surface area contributed by atoms with E-state index in [1.54, 1.807) is 24.3 Å². The number of hydrogen-bond donors (Lipinski definition) is 0. The maximum atomic E-state index is 11.4. The Kier molecular flexibility index (Phi) is 4.40. The molecule has 0 aliphatic carbocycles. The van der Waals surface area contributed by atoms with Crippen molar-refractivity contribution >= 4 is 21.9 Å². The SMILES string of the molecule is CC=CCOC(=O)c1cccc(Br)c1. The minimum Gasteiger partial charge on any atom is -0.458 e. The van der Waals surface area contributed by atoms with Gasteiger partial charge in [0.15, 0.2) is 0 Å². The highest BCUT2D eigenvalue weighted by molar-refractivity contribution is 9.10. The molecule has 0 bridgehead atoms. The van der Waals surface area contributed by atoms with Crippen molar-refractivity contribution in [1.82, 2.24) is 0 Å². The van der Waals surface area contributed by atoms with Gasteiger partial charge in [0.2, 0.25) is 0 Å². The average Bonchev–Trinajstić information content (AvgIpc) is 2.18. The van der Waals surface area contributed by atoms with Crippen LogP contribution in [0.5, 0.6) is 0 Å². The Labute approximate surface area is 91.7 Å². The van der Waals surface area contributed by atoms with Gasteiger partial charge in [-0.2, -0.15) is 0 Å². The summed E-state index contributed by atoms with van der Waals surface area (Å²) in [5.41, 5.74) is 0.559. The van der Waals surface area contributed by atoms with Gasteiger partial charge in [-0.1, -0.05) is 34.1 Å². The van der Waals surface area contributed by atoms with E-state index in [4.69, 9.17) is 4.74 Å². The van der Waals surface area contributed by atoms with Gasteiger partial charge in [-0.25, -0.2) is 4.79 Å². The molecule has 14 heavy (non-hydrogen) atoms. The molecule has 1 aromatic carbocycles. The first-order chi connectivity index (χ1) is 6.74. The number of allylic oxidation sites excluding steroid dienone is 1. The van der Waals surface area contributed by atoms with E-state index in [9.17, 15) is 4.79 Å². The molecule has 1 aromatic rings. The van der Waals surface area contributed by atoms with Crippen LogP contribution in [0.4, 0.5) is 0 Å². The zero-order valence-electron chi connectivity index (χ0n) is 7.87. The Balaban J connectivity index is 2.60. The Morgan fingerprint density at radius 3 is 3.00 bits per heavy atom. The lowest BCUT2D eigenvalue weighted by atomic mass is 10.2. The molecule has 3 heteroatoms. The highest BCUT2D eigenvalue weighted by Gasteiger charge is 2.05. The van der Waals surface area contributed by atoms with Crippen LogP contribution >= 0.6 is 15.9 Å². The molecule has 0 fully saturated rings. The van der Waals surface area contributed by atoms with Gasteiger partial charge in [0.1, 0.15) is 6.61 Å². The van der Waals surface area contributed by atoms with E-state index in [0.717, 1.165) is 4.47 Å². The summed E-state index contributed by atoms with van der Waals surface area (Å²) in [5, 5.41) is 0. The summed E-state index contributed by atoms with van der Waals surface area (Å²) in [7, 11) is 0. The number of rotatable bonds is 3. The quantitative estimate of drug-likeness (QED) is 0.612. The fraction of sp³-hybridized carbons (Fsp3) is 0.182. The topological polar surface area (TPSA) is 26.3 Å². The zero-order chi connectivity index (χ0) is 10.4. The van der Waals surface area contributed by atoms with Gasteiger partial charge in [-0.3, -0.25) is 0 Å². The number of benzene rings is 1. The number of carbonyl (C=O) groups is 1. The Morgan fingerprint density at radius 1 is 1.57 bits per heavy atom. The van der Waals surface area contributed by atoms with E-state index < -0.39 is 0 Å². The van der Waals surface area contributed by atoms with Crippen LogP contribution in [0.2, 0.25) is 0 Å². The first kappa shape index (κ1) is 11.0. The van der Waals surface area contributed by atoms with Crippen LogP contribution in [0.25, 0.3) is 0 Å². The highest BCUT2D eigenvalue weighted by atomic mass is 79.9. The van der Waals surface area contributed by atoms with E-state index in [-0.39, 0.29) is 5.97 Å². The molecule has 0 aliphatic rings. The molecule has 1 rings (SSSR count). The van der Waals surface area contributed by atoms with Gasteiger partial charge in [0.05, 0.1) is 5.56 Å². The van der Waals surface area contributed by atoms with Crippen LogP contribution in [-0.2, 0) is 4.74 Å². The molecule has 0 atom stereocenters. The molecule has 0 saturated heterocycles. The lowest BCUT2D eigenvalue weighted by Crippen LogP contribution is -2.04. The zero-order valence-corrected chi connectivity index (χ0v) is 9.45. The summed E-state index contributed by atoms with van der Waals surface area (Å²) in [6.07, 6.45) is 3.63. The second-order valence-corrected chi connectivity index (χ2v) is 3.59. The summed E-state index contributed by atoms with van der Waals surface area (Å²) < 4.78 is 5.85. The molecule has 74 valence electrons. The van der Waals surface area contributed by atoms with Crippen LogP contribution in [0.1, 0.15) is 17.3 Å². The Bertz CT molecular complexity index is 345. The summed E-state index contributed by atoms with van der Waals surface area (Å²) in [4.78, 5) is 11.4. The van der Waals surface area contributed by atoms with Crippen molar-refractivity contribution in [2.24, 2.45) is 0 Å². The fourth-order valence-electron chi connectivity index (χ4n) is 0.919. The number of carbonyl (C=O) groups excluding carboxylic acids is 1. The molecule has 2 nitrogen and oxygen atoms in total. The molecule has 0 radical (unpaired) electrons. The molecule has 0 spiro atoms. The molecule has 0 aromatic heterocycles. The van der Waals surface area contributed by atoms with Crippen molar-refractivity contribution < 1.29 is 9.53 Å². The van der Waals surface area contributed by atoms with Crippen LogP contribution in [0, 0.1) is 0 Å². The predicted octanol–water partition coefficient (Wildman–Crippen LogP) is 3.18. The third-order valence-electron chi connectivity index (χ3n) is 1.61. The molecule has 0 N–H and O–H groups in total. The summed E-state index contributed by atoms with van der Waals surface area (Å²) >= 11 is 3.29. The van der Waals surface area contributed by atoms with E-state index >= 15 is 0 Å².